The number of nitrogens with zero attached hydrogens (tertiary/aromatic N) is 1. The highest BCUT2D eigenvalue weighted by molar-refractivity contribution is 6.00. The Bertz CT molecular complexity index is 757. The van der Waals surface area contributed by atoms with Gasteiger partial charge in [-0.25, -0.2) is 0 Å². The van der Waals surface area contributed by atoms with Crippen LogP contribution in [0.15, 0.2) is 48.5 Å². The van der Waals surface area contributed by atoms with Crippen molar-refractivity contribution in [3.63, 3.8) is 0 Å². The van der Waals surface area contributed by atoms with Gasteiger partial charge in [0, 0.05) is 12.7 Å². The lowest BCUT2D eigenvalue weighted by Gasteiger charge is -2.31. The van der Waals surface area contributed by atoms with Gasteiger partial charge in [0.15, 0.2) is 0 Å². The van der Waals surface area contributed by atoms with Crippen molar-refractivity contribution in [2.75, 3.05) is 11.9 Å². The predicted molar refractivity (Wildman–Crippen MR) is 90.1 cm³/mol. The van der Waals surface area contributed by atoms with Crippen LogP contribution in [0.3, 0.4) is 0 Å². The van der Waals surface area contributed by atoms with Crippen LogP contribution in [0.2, 0.25) is 0 Å². The Labute approximate surface area is 140 Å². The molecule has 0 heterocycles. The van der Waals surface area contributed by atoms with Crippen LogP contribution in [0, 0.1) is 5.41 Å². The summed E-state index contributed by atoms with van der Waals surface area (Å²) < 4.78 is 0. The first-order chi connectivity index (χ1) is 11.4. The van der Waals surface area contributed by atoms with E-state index in [1.807, 2.05) is 24.3 Å². The van der Waals surface area contributed by atoms with E-state index in [-0.39, 0.29) is 18.1 Å². The quantitative estimate of drug-likeness (QED) is 0.906. The molecule has 2 N–H and O–H groups in total. The van der Waals surface area contributed by atoms with Gasteiger partial charge in [-0.2, -0.15) is 0 Å². The molecule has 5 heteroatoms. The predicted octanol–water partition coefficient (Wildman–Crippen LogP) is 2.61. The van der Waals surface area contributed by atoms with Gasteiger partial charge < -0.3 is 15.1 Å². The van der Waals surface area contributed by atoms with Crippen molar-refractivity contribution in [3.8, 4) is 5.75 Å². The van der Waals surface area contributed by atoms with Crippen LogP contribution in [-0.4, -0.2) is 29.1 Å². The Morgan fingerprint density at radius 1 is 1.04 bits per heavy atom. The molecule has 0 fully saturated rings. The molecule has 0 radical (unpaired) electrons. The fourth-order valence-electron chi connectivity index (χ4n) is 3.48. The van der Waals surface area contributed by atoms with Crippen molar-refractivity contribution in [2.24, 2.45) is 5.41 Å². The maximum Gasteiger partial charge on any atom is 0.304 e. The number of carboxylic acids is 1. The van der Waals surface area contributed by atoms with Crippen LogP contribution in [0.25, 0.3) is 0 Å². The number of aliphatic carboxylic acids is 1. The lowest BCUT2D eigenvalue weighted by Crippen LogP contribution is -2.44. The molecule has 0 bridgehead atoms. The van der Waals surface area contributed by atoms with Gasteiger partial charge in [0.1, 0.15) is 5.75 Å². The smallest absolute Gasteiger partial charge is 0.304 e. The summed E-state index contributed by atoms with van der Waals surface area (Å²) in [7, 11) is 1.64. The lowest BCUT2D eigenvalue weighted by molar-refractivity contribution is -0.144. The number of carbonyl (C=O) groups is 2. The molecular weight excluding hydrogens is 306 g/mol. The minimum atomic E-state index is -0.977. The number of fused-ring (bicyclic) bond motifs is 1. The van der Waals surface area contributed by atoms with Gasteiger partial charge in [0.05, 0.1) is 11.8 Å². The molecule has 2 aromatic carbocycles. The van der Waals surface area contributed by atoms with Crippen molar-refractivity contribution in [1.29, 1.82) is 0 Å². The Morgan fingerprint density at radius 2 is 1.58 bits per heavy atom. The second-order valence-electron chi connectivity index (χ2n) is 6.35. The maximum atomic E-state index is 13.2. The van der Waals surface area contributed by atoms with Gasteiger partial charge in [-0.15, -0.1) is 0 Å². The monoisotopic (exact) mass is 325 g/mol. The molecule has 24 heavy (non-hydrogen) atoms. The lowest BCUT2D eigenvalue weighted by atomic mass is 9.79. The fourth-order valence-corrected chi connectivity index (χ4v) is 3.48. The summed E-state index contributed by atoms with van der Waals surface area (Å²) in [5.41, 5.74) is 1.72. The number of hydrogen-bond acceptors (Lipinski definition) is 3. The van der Waals surface area contributed by atoms with Crippen molar-refractivity contribution >= 4 is 17.6 Å². The molecule has 0 saturated heterocycles. The zero-order chi connectivity index (χ0) is 17.3. The maximum absolute atomic E-state index is 13.2. The van der Waals surface area contributed by atoms with E-state index in [0.717, 1.165) is 11.1 Å². The molecule has 1 aliphatic carbocycles. The Balaban J connectivity index is 1.94. The van der Waals surface area contributed by atoms with Crippen molar-refractivity contribution in [2.45, 2.75) is 19.3 Å². The van der Waals surface area contributed by atoms with Gasteiger partial charge in [-0.05, 0) is 48.2 Å². The summed E-state index contributed by atoms with van der Waals surface area (Å²) in [6.07, 6.45) is 0.649. The molecule has 0 atom stereocenters. The van der Waals surface area contributed by atoms with Crippen molar-refractivity contribution < 1.29 is 19.8 Å². The minimum Gasteiger partial charge on any atom is -0.508 e. The molecule has 1 amide bonds. The summed E-state index contributed by atoms with van der Waals surface area (Å²) >= 11 is 0. The molecule has 5 nitrogen and oxygen atoms in total. The van der Waals surface area contributed by atoms with E-state index in [1.54, 1.807) is 19.2 Å². The third kappa shape index (κ3) is 2.85. The number of carboxylic acid groups (broad SMARTS) is 1. The van der Waals surface area contributed by atoms with Gasteiger partial charge >= 0.3 is 5.97 Å². The molecule has 0 spiro atoms. The topological polar surface area (TPSA) is 77.8 Å². The zero-order valence-corrected chi connectivity index (χ0v) is 13.4. The zero-order valence-electron chi connectivity index (χ0n) is 13.4. The highest BCUT2D eigenvalue weighted by Crippen LogP contribution is 2.42. The average Bonchev–Trinajstić information content (AvgIpc) is 2.92. The SMILES string of the molecule is CN(C(=O)C1(CC(=O)O)Cc2ccccc2C1)c1ccc(O)cc1. The number of benzene rings is 2. The summed E-state index contributed by atoms with van der Waals surface area (Å²) in [4.78, 5) is 26.1. The first-order valence-corrected chi connectivity index (χ1v) is 7.77. The number of rotatable bonds is 4. The molecule has 0 aromatic heterocycles. The number of aromatic hydroxyl groups is 1. The number of phenols is 1. The fraction of sp³-hybridized carbons (Fsp3) is 0.263. The molecule has 2 aromatic rings. The van der Waals surface area contributed by atoms with E-state index >= 15 is 0 Å². The Hall–Kier alpha value is -2.82. The van der Waals surface area contributed by atoms with E-state index < -0.39 is 11.4 Å². The molecule has 3 rings (SSSR count). The summed E-state index contributed by atoms with van der Waals surface area (Å²) in [5, 5.41) is 18.7. The number of hydrogen-bond donors (Lipinski definition) is 2. The molecule has 124 valence electrons. The Morgan fingerprint density at radius 3 is 2.08 bits per heavy atom. The van der Waals surface area contributed by atoms with Gasteiger partial charge in [-0.3, -0.25) is 9.59 Å². The average molecular weight is 325 g/mol. The van der Waals surface area contributed by atoms with Crippen LogP contribution in [0.4, 0.5) is 5.69 Å². The van der Waals surface area contributed by atoms with Gasteiger partial charge in [-0.1, -0.05) is 24.3 Å². The third-order valence-corrected chi connectivity index (χ3v) is 4.66. The second-order valence-corrected chi connectivity index (χ2v) is 6.35. The van der Waals surface area contributed by atoms with Crippen LogP contribution < -0.4 is 4.90 Å². The van der Waals surface area contributed by atoms with Crippen LogP contribution in [-0.2, 0) is 22.4 Å². The minimum absolute atomic E-state index is 0.119. The number of anilines is 1. The third-order valence-electron chi connectivity index (χ3n) is 4.66. The van der Waals surface area contributed by atoms with E-state index in [9.17, 15) is 19.8 Å². The van der Waals surface area contributed by atoms with E-state index in [0.29, 0.717) is 18.5 Å². The highest BCUT2D eigenvalue weighted by atomic mass is 16.4. The summed E-state index contributed by atoms with van der Waals surface area (Å²) in [6.45, 7) is 0. The van der Waals surface area contributed by atoms with Crippen LogP contribution >= 0.6 is 0 Å². The molecular formula is C19H19NO4. The normalized spacial score (nSPS) is 14.9. The standard InChI is InChI=1S/C19H19NO4/c1-20(15-6-8-16(21)9-7-15)18(24)19(12-17(22)23)10-13-4-2-3-5-14(13)11-19/h2-9,21H,10-12H2,1H3,(H,22,23). The number of phenolic OH excluding ortho intramolecular Hbond substituents is 1. The number of carbonyl (C=O) groups excluding carboxylic acids is 1. The van der Waals surface area contributed by atoms with E-state index in [2.05, 4.69) is 0 Å². The Kier molecular flexibility index (Phi) is 4.01. The molecule has 0 saturated carbocycles. The molecule has 0 unspecified atom stereocenters. The summed E-state index contributed by atoms with van der Waals surface area (Å²) in [5.74, 6) is -1.07. The second kappa shape index (κ2) is 6.00. The first kappa shape index (κ1) is 16.1. The molecule has 1 aliphatic rings. The van der Waals surface area contributed by atoms with E-state index in [4.69, 9.17) is 0 Å². The van der Waals surface area contributed by atoms with E-state index in [1.165, 1.54) is 17.0 Å². The molecule has 0 aliphatic heterocycles. The number of amides is 1. The van der Waals surface area contributed by atoms with Gasteiger partial charge in [0.25, 0.3) is 0 Å². The van der Waals surface area contributed by atoms with Crippen molar-refractivity contribution in [3.05, 3.63) is 59.7 Å². The highest BCUT2D eigenvalue weighted by Gasteiger charge is 2.47. The van der Waals surface area contributed by atoms with Crippen LogP contribution in [0.1, 0.15) is 17.5 Å². The summed E-state index contributed by atoms with van der Waals surface area (Å²) in [6, 6.07) is 14.0. The van der Waals surface area contributed by atoms with Crippen LogP contribution in [0.5, 0.6) is 5.75 Å². The van der Waals surface area contributed by atoms with Crippen molar-refractivity contribution in [1.82, 2.24) is 0 Å². The first-order valence-electron chi connectivity index (χ1n) is 7.77. The van der Waals surface area contributed by atoms with Gasteiger partial charge in [0.2, 0.25) is 5.91 Å². The largest absolute Gasteiger partial charge is 0.508 e.